The maximum Gasteiger partial charge on any atom is 0.0236 e. The second-order valence-corrected chi connectivity index (χ2v) is 6.50. The lowest BCUT2D eigenvalue weighted by Gasteiger charge is -2.20. The van der Waals surface area contributed by atoms with Crippen LogP contribution in [0.3, 0.4) is 0 Å². The molecular formula is C21H27N. The van der Waals surface area contributed by atoms with Crippen molar-refractivity contribution in [3.05, 3.63) is 71.3 Å². The van der Waals surface area contributed by atoms with Gasteiger partial charge in [0.25, 0.3) is 0 Å². The maximum absolute atomic E-state index is 2.65. The van der Waals surface area contributed by atoms with E-state index in [-0.39, 0.29) is 0 Å². The number of nitrogens with zero attached hydrogens (tertiary/aromatic N) is 1. The number of fused-ring (bicyclic) bond motifs is 1. The molecule has 0 fully saturated rings. The first-order valence-electron chi connectivity index (χ1n) is 8.71. The van der Waals surface area contributed by atoms with E-state index >= 15 is 0 Å². The van der Waals surface area contributed by atoms with Crippen molar-refractivity contribution in [3.8, 4) is 0 Å². The van der Waals surface area contributed by atoms with Gasteiger partial charge in [-0.25, -0.2) is 0 Å². The summed E-state index contributed by atoms with van der Waals surface area (Å²) in [6.07, 6.45) is 5.03. The highest BCUT2D eigenvalue weighted by Crippen LogP contribution is 2.31. The standard InChI is InChI=1S/C21H27N/c1-2-3-14-22-15-13-19(16-18-9-5-4-6-10-18)21-12-8-7-11-20(21)17-22/h4-12,19H,2-3,13-17H2,1H3/t19-/m1/s1. The summed E-state index contributed by atoms with van der Waals surface area (Å²) in [6.45, 7) is 5.88. The van der Waals surface area contributed by atoms with Crippen LogP contribution in [0, 0.1) is 0 Å². The lowest BCUT2D eigenvalue weighted by Crippen LogP contribution is -2.24. The van der Waals surface area contributed by atoms with Crippen LogP contribution in [0.4, 0.5) is 0 Å². The largest absolute Gasteiger partial charge is 0.299 e. The molecule has 0 aromatic heterocycles. The van der Waals surface area contributed by atoms with Crippen LogP contribution in [0.25, 0.3) is 0 Å². The molecule has 0 bridgehead atoms. The molecule has 0 unspecified atom stereocenters. The molecule has 1 aliphatic heterocycles. The summed E-state index contributed by atoms with van der Waals surface area (Å²) in [5, 5.41) is 0. The van der Waals surface area contributed by atoms with Gasteiger partial charge in [-0.1, -0.05) is 67.9 Å². The number of benzene rings is 2. The van der Waals surface area contributed by atoms with E-state index in [0.29, 0.717) is 5.92 Å². The SMILES string of the molecule is CCCCN1CC[C@H](Cc2ccccc2)c2ccccc2C1. The normalized spacial score (nSPS) is 18.7. The molecule has 0 radical (unpaired) electrons. The minimum atomic E-state index is 0.658. The van der Waals surface area contributed by atoms with E-state index in [2.05, 4.69) is 66.4 Å². The van der Waals surface area contributed by atoms with Gasteiger partial charge in [-0.15, -0.1) is 0 Å². The number of unbranched alkanes of at least 4 members (excludes halogenated alkanes) is 1. The van der Waals surface area contributed by atoms with Crippen molar-refractivity contribution in [2.75, 3.05) is 13.1 Å². The van der Waals surface area contributed by atoms with E-state index in [1.165, 1.54) is 49.9 Å². The first-order chi connectivity index (χ1) is 10.9. The Morgan fingerprint density at radius 2 is 1.77 bits per heavy atom. The van der Waals surface area contributed by atoms with Crippen molar-refractivity contribution < 1.29 is 0 Å². The lowest BCUT2D eigenvalue weighted by atomic mass is 9.87. The Balaban J connectivity index is 1.79. The fraction of sp³-hybridized carbons (Fsp3) is 0.429. The predicted octanol–water partition coefficient (Wildman–Crippen LogP) is 5.02. The minimum Gasteiger partial charge on any atom is -0.299 e. The smallest absolute Gasteiger partial charge is 0.0236 e. The van der Waals surface area contributed by atoms with Crippen LogP contribution < -0.4 is 0 Å². The number of hydrogen-bond acceptors (Lipinski definition) is 1. The quantitative estimate of drug-likeness (QED) is 0.748. The fourth-order valence-electron chi connectivity index (χ4n) is 3.57. The Morgan fingerprint density at radius 1 is 1.00 bits per heavy atom. The molecule has 1 heterocycles. The molecule has 1 atom stereocenters. The molecule has 22 heavy (non-hydrogen) atoms. The van der Waals surface area contributed by atoms with E-state index < -0.39 is 0 Å². The molecule has 116 valence electrons. The molecule has 3 rings (SSSR count). The minimum absolute atomic E-state index is 0.658. The van der Waals surface area contributed by atoms with Gasteiger partial charge in [-0.2, -0.15) is 0 Å². The zero-order chi connectivity index (χ0) is 15.2. The van der Waals surface area contributed by atoms with Gasteiger partial charge in [0.1, 0.15) is 0 Å². The topological polar surface area (TPSA) is 3.24 Å². The molecule has 0 N–H and O–H groups in total. The van der Waals surface area contributed by atoms with Crippen LogP contribution in [-0.4, -0.2) is 18.0 Å². The van der Waals surface area contributed by atoms with Gasteiger partial charge < -0.3 is 0 Å². The molecule has 0 amide bonds. The van der Waals surface area contributed by atoms with Gasteiger partial charge in [0, 0.05) is 6.54 Å². The highest BCUT2D eigenvalue weighted by atomic mass is 15.1. The van der Waals surface area contributed by atoms with Gasteiger partial charge in [0.05, 0.1) is 0 Å². The molecule has 0 spiro atoms. The first kappa shape index (κ1) is 15.3. The Kier molecular flexibility index (Phi) is 5.29. The predicted molar refractivity (Wildman–Crippen MR) is 94.1 cm³/mol. The first-order valence-corrected chi connectivity index (χ1v) is 8.71. The van der Waals surface area contributed by atoms with Crippen molar-refractivity contribution >= 4 is 0 Å². The Bertz CT molecular complexity index is 575. The number of rotatable bonds is 5. The van der Waals surface area contributed by atoms with Crippen LogP contribution in [0.1, 0.15) is 48.8 Å². The van der Waals surface area contributed by atoms with Crippen LogP contribution >= 0.6 is 0 Å². The van der Waals surface area contributed by atoms with Gasteiger partial charge in [0.15, 0.2) is 0 Å². The highest BCUT2D eigenvalue weighted by molar-refractivity contribution is 5.33. The fourth-order valence-corrected chi connectivity index (χ4v) is 3.57. The van der Waals surface area contributed by atoms with Gasteiger partial charge in [-0.3, -0.25) is 4.90 Å². The third-order valence-electron chi connectivity index (χ3n) is 4.84. The molecule has 2 aromatic rings. The molecular weight excluding hydrogens is 266 g/mol. The highest BCUT2D eigenvalue weighted by Gasteiger charge is 2.21. The second-order valence-electron chi connectivity index (χ2n) is 6.50. The van der Waals surface area contributed by atoms with Gasteiger partial charge in [0.2, 0.25) is 0 Å². The van der Waals surface area contributed by atoms with Crippen molar-refractivity contribution in [3.63, 3.8) is 0 Å². The molecule has 0 aliphatic carbocycles. The Morgan fingerprint density at radius 3 is 2.59 bits per heavy atom. The molecule has 1 heteroatoms. The van der Waals surface area contributed by atoms with E-state index in [4.69, 9.17) is 0 Å². The zero-order valence-electron chi connectivity index (χ0n) is 13.7. The maximum atomic E-state index is 2.65. The molecule has 0 saturated carbocycles. The van der Waals surface area contributed by atoms with Gasteiger partial charge >= 0.3 is 0 Å². The summed E-state index contributed by atoms with van der Waals surface area (Å²) in [7, 11) is 0. The summed E-state index contributed by atoms with van der Waals surface area (Å²) in [4.78, 5) is 2.65. The molecule has 0 saturated heterocycles. The van der Waals surface area contributed by atoms with Crippen LogP contribution in [0.5, 0.6) is 0 Å². The molecule has 2 aromatic carbocycles. The van der Waals surface area contributed by atoms with Crippen LogP contribution in [0.2, 0.25) is 0 Å². The van der Waals surface area contributed by atoms with E-state index in [9.17, 15) is 0 Å². The second kappa shape index (κ2) is 7.60. The summed E-state index contributed by atoms with van der Waals surface area (Å²) in [5.74, 6) is 0.658. The number of hydrogen-bond donors (Lipinski definition) is 0. The van der Waals surface area contributed by atoms with E-state index in [1.807, 2.05) is 0 Å². The zero-order valence-corrected chi connectivity index (χ0v) is 13.7. The Hall–Kier alpha value is -1.60. The average molecular weight is 293 g/mol. The van der Waals surface area contributed by atoms with Crippen LogP contribution in [0.15, 0.2) is 54.6 Å². The third kappa shape index (κ3) is 3.78. The lowest BCUT2D eigenvalue weighted by molar-refractivity contribution is 0.260. The van der Waals surface area contributed by atoms with Crippen molar-refractivity contribution in [2.24, 2.45) is 0 Å². The summed E-state index contributed by atoms with van der Waals surface area (Å²) in [5.41, 5.74) is 4.58. The van der Waals surface area contributed by atoms with Crippen molar-refractivity contribution in [1.82, 2.24) is 4.90 Å². The summed E-state index contributed by atoms with van der Waals surface area (Å²) in [6, 6.07) is 20.0. The summed E-state index contributed by atoms with van der Waals surface area (Å²) < 4.78 is 0. The molecule has 1 aliphatic rings. The Labute approximate surface area is 135 Å². The average Bonchev–Trinajstić information content (AvgIpc) is 2.74. The molecule has 1 nitrogen and oxygen atoms in total. The van der Waals surface area contributed by atoms with Crippen molar-refractivity contribution in [2.45, 2.75) is 45.1 Å². The van der Waals surface area contributed by atoms with Crippen LogP contribution in [-0.2, 0) is 13.0 Å². The van der Waals surface area contributed by atoms with Gasteiger partial charge in [-0.05, 0) is 55.0 Å². The van der Waals surface area contributed by atoms with Crippen molar-refractivity contribution in [1.29, 1.82) is 0 Å². The summed E-state index contributed by atoms with van der Waals surface area (Å²) >= 11 is 0. The monoisotopic (exact) mass is 293 g/mol. The third-order valence-corrected chi connectivity index (χ3v) is 4.84. The van der Waals surface area contributed by atoms with E-state index in [1.54, 1.807) is 5.56 Å². The van der Waals surface area contributed by atoms with E-state index in [0.717, 1.165) is 6.54 Å².